The molecule has 9 heteroatoms. The Balaban J connectivity index is 1.39. The predicted octanol–water partition coefficient (Wildman–Crippen LogP) is 7.42. The van der Waals surface area contributed by atoms with Crippen molar-refractivity contribution in [1.29, 1.82) is 0 Å². The first-order chi connectivity index (χ1) is 16.4. The van der Waals surface area contributed by atoms with Crippen molar-refractivity contribution in [2.45, 2.75) is 19.3 Å². The van der Waals surface area contributed by atoms with E-state index in [1.165, 1.54) is 12.5 Å². The Morgan fingerprint density at radius 3 is 2.50 bits per heavy atom. The van der Waals surface area contributed by atoms with Gasteiger partial charge in [0.05, 0.1) is 26.4 Å². The average molecular weight is 535 g/mol. The molecule has 1 aromatic heterocycles. The second kappa shape index (κ2) is 11.3. The molecule has 1 fully saturated rings. The molecule has 4 rings (SSSR count). The fourth-order valence-electron chi connectivity index (χ4n) is 3.80. The van der Waals surface area contributed by atoms with E-state index >= 15 is 0 Å². The van der Waals surface area contributed by atoms with Gasteiger partial charge >= 0.3 is 0 Å². The maximum Gasteiger partial charge on any atom is 0.250 e. The summed E-state index contributed by atoms with van der Waals surface area (Å²) in [6.45, 7) is 1.87. The molecule has 0 aliphatic carbocycles. The van der Waals surface area contributed by atoms with Crippen LogP contribution in [0.1, 0.15) is 25.0 Å². The summed E-state index contributed by atoms with van der Waals surface area (Å²) in [5.41, 5.74) is 2.34. The molecule has 2 heterocycles. The molecule has 1 aliphatic heterocycles. The Bertz CT molecular complexity index is 1240. The van der Waals surface area contributed by atoms with Crippen LogP contribution in [0.5, 0.6) is 0 Å². The number of carbonyl (C=O) groups is 1. The van der Waals surface area contributed by atoms with E-state index in [-0.39, 0.29) is 5.11 Å². The van der Waals surface area contributed by atoms with Gasteiger partial charge in [0.25, 0.3) is 0 Å². The zero-order valence-corrected chi connectivity index (χ0v) is 21.2. The van der Waals surface area contributed by atoms with Crippen LogP contribution >= 0.6 is 47.0 Å². The van der Waals surface area contributed by atoms with E-state index in [4.69, 9.17) is 51.4 Å². The average Bonchev–Trinajstić information content (AvgIpc) is 3.29. The molecule has 1 saturated heterocycles. The van der Waals surface area contributed by atoms with E-state index in [0.717, 1.165) is 37.3 Å². The fourth-order valence-corrected chi connectivity index (χ4v) is 4.70. The van der Waals surface area contributed by atoms with Crippen molar-refractivity contribution in [1.82, 2.24) is 5.32 Å². The van der Waals surface area contributed by atoms with Gasteiger partial charge in [0.15, 0.2) is 5.11 Å². The fraction of sp³-hybridized carbons (Fsp3) is 0.200. The molecule has 0 atom stereocenters. The zero-order valence-electron chi connectivity index (χ0n) is 18.1. The van der Waals surface area contributed by atoms with Crippen LogP contribution in [0.3, 0.4) is 0 Å². The molecule has 1 amide bonds. The van der Waals surface area contributed by atoms with Crippen molar-refractivity contribution >= 4 is 75.5 Å². The Morgan fingerprint density at radius 2 is 1.71 bits per heavy atom. The lowest BCUT2D eigenvalue weighted by atomic mass is 10.1. The lowest BCUT2D eigenvalue weighted by molar-refractivity contribution is -0.115. The molecular weight excluding hydrogens is 513 g/mol. The SMILES string of the molecule is O=C(C=Cc1ccc(-c2cccc(Cl)c2Cl)o1)NC(=S)Nc1cccc(Cl)c1N1CCCCC1. The normalized spacial score (nSPS) is 13.8. The van der Waals surface area contributed by atoms with E-state index < -0.39 is 5.91 Å². The van der Waals surface area contributed by atoms with Crippen molar-refractivity contribution in [3.05, 3.63) is 75.4 Å². The number of furan rings is 1. The molecule has 0 saturated carbocycles. The highest BCUT2D eigenvalue weighted by molar-refractivity contribution is 7.80. The maximum atomic E-state index is 12.4. The second-order valence-electron chi connectivity index (χ2n) is 7.76. The summed E-state index contributed by atoms with van der Waals surface area (Å²) in [5, 5.41) is 7.44. The van der Waals surface area contributed by atoms with Gasteiger partial charge in [-0.2, -0.15) is 0 Å². The third kappa shape index (κ3) is 5.94. The van der Waals surface area contributed by atoms with Gasteiger partial charge in [0.2, 0.25) is 5.91 Å². The lowest BCUT2D eigenvalue weighted by Crippen LogP contribution is -2.34. The first kappa shape index (κ1) is 24.6. The number of benzene rings is 2. The number of amides is 1. The number of carbonyl (C=O) groups excluding carboxylic acids is 1. The highest BCUT2D eigenvalue weighted by Crippen LogP contribution is 2.36. The Morgan fingerprint density at radius 1 is 0.971 bits per heavy atom. The molecule has 2 aromatic carbocycles. The van der Waals surface area contributed by atoms with Gasteiger partial charge in [-0.3, -0.25) is 10.1 Å². The first-order valence-corrected chi connectivity index (χ1v) is 12.3. The highest BCUT2D eigenvalue weighted by atomic mass is 35.5. The Labute approximate surface area is 218 Å². The minimum Gasteiger partial charge on any atom is -0.457 e. The smallest absolute Gasteiger partial charge is 0.250 e. The van der Waals surface area contributed by atoms with Crippen LogP contribution in [-0.2, 0) is 4.79 Å². The molecular formula is C25H22Cl3N3O2S. The summed E-state index contributed by atoms with van der Waals surface area (Å²) in [7, 11) is 0. The van der Waals surface area contributed by atoms with E-state index in [0.29, 0.717) is 32.2 Å². The summed E-state index contributed by atoms with van der Waals surface area (Å²) in [5.74, 6) is 0.649. The van der Waals surface area contributed by atoms with E-state index in [2.05, 4.69) is 15.5 Å². The predicted molar refractivity (Wildman–Crippen MR) is 145 cm³/mol. The quantitative estimate of drug-likeness (QED) is 0.263. The zero-order chi connectivity index (χ0) is 24.1. The second-order valence-corrected chi connectivity index (χ2v) is 9.36. The molecule has 34 heavy (non-hydrogen) atoms. The molecule has 0 unspecified atom stereocenters. The third-order valence-corrected chi connectivity index (χ3v) is 6.71. The Hall–Kier alpha value is -2.51. The van der Waals surface area contributed by atoms with Crippen molar-refractivity contribution in [2.24, 2.45) is 0 Å². The molecule has 0 radical (unpaired) electrons. The van der Waals surface area contributed by atoms with Crippen LogP contribution in [0, 0.1) is 0 Å². The third-order valence-electron chi connectivity index (χ3n) is 5.39. The van der Waals surface area contributed by atoms with Gasteiger partial charge in [-0.25, -0.2) is 0 Å². The van der Waals surface area contributed by atoms with Crippen molar-refractivity contribution < 1.29 is 9.21 Å². The number of hydrogen-bond donors (Lipinski definition) is 2. The maximum absolute atomic E-state index is 12.4. The minimum atomic E-state index is -0.391. The number of anilines is 2. The lowest BCUT2D eigenvalue weighted by Gasteiger charge is -2.31. The molecule has 0 spiro atoms. The van der Waals surface area contributed by atoms with Gasteiger partial charge in [0.1, 0.15) is 11.5 Å². The number of rotatable bonds is 5. The molecule has 0 bridgehead atoms. The highest BCUT2D eigenvalue weighted by Gasteiger charge is 2.18. The van der Waals surface area contributed by atoms with Crippen LogP contribution < -0.4 is 15.5 Å². The van der Waals surface area contributed by atoms with Crippen LogP contribution in [0.15, 0.2) is 59.0 Å². The van der Waals surface area contributed by atoms with Gasteiger partial charge in [0, 0.05) is 24.7 Å². The van der Waals surface area contributed by atoms with E-state index in [1.54, 1.807) is 30.3 Å². The largest absolute Gasteiger partial charge is 0.457 e. The van der Waals surface area contributed by atoms with Gasteiger partial charge in [-0.05, 0) is 74.0 Å². The standard InChI is InChI=1S/C25H22Cl3N3O2S/c26-18-7-4-6-17(23(18)28)21-12-10-16(33-21)11-13-22(32)30-25(34)29-20-9-5-8-19(27)24(20)31-14-2-1-3-15-31/h4-13H,1-3,14-15H2,(H2,29,30,32,34). The molecule has 5 nitrogen and oxygen atoms in total. The first-order valence-electron chi connectivity index (χ1n) is 10.8. The number of thiocarbonyl (C=S) groups is 1. The summed E-state index contributed by atoms with van der Waals surface area (Å²) in [4.78, 5) is 14.7. The topological polar surface area (TPSA) is 57.5 Å². The van der Waals surface area contributed by atoms with E-state index in [1.807, 2.05) is 24.3 Å². The summed E-state index contributed by atoms with van der Waals surface area (Å²) in [6, 6.07) is 14.4. The summed E-state index contributed by atoms with van der Waals surface area (Å²) >= 11 is 24.2. The van der Waals surface area contributed by atoms with Crippen LogP contribution in [0.25, 0.3) is 17.4 Å². The number of hydrogen-bond acceptors (Lipinski definition) is 4. The summed E-state index contributed by atoms with van der Waals surface area (Å²) in [6.07, 6.45) is 6.36. The molecule has 1 aliphatic rings. The number of piperidine rings is 1. The van der Waals surface area contributed by atoms with Crippen molar-refractivity contribution in [3.63, 3.8) is 0 Å². The number of nitrogens with zero attached hydrogens (tertiary/aromatic N) is 1. The number of para-hydroxylation sites is 1. The van der Waals surface area contributed by atoms with Gasteiger partial charge in [-0.15, -0.1) is 0 Å². The van der Waals surface area contributed by atoms with Crippen molar-refractivity contribution in [2.75, 3.05) is 23.3 Å². The summed E-state index contributed by atoms with van der Waals surface area (Å²) < 4.78 is 5.77. The molecule has 176 valence electrons. The molecule has 2 N–H and O–H groups in total. The van der Waals surface area contributed by atoms with Crippen LogP contribution in [0.2, 0.25) is 15.1 Å². The number of nitrogens with one attached hydrogen (secondary N) is 2. The molecule has 3 aromatic rings. The van der Waals surface area contributed by atoms with Gasteiger partial charge in [-0.1, -0.05) is 46.9 Å². The van der Waals surface area contributed by atoms with Gasteiger partial charge < -0.3 is 14.6 Å². The monoisotopic (exact) mass is 533 g/mol. The number of halogens is 3. The van der Waals surface area contributed by atoms with Crippen molar-refractivity contribution in [3.8, 4) is 11.3 Å². The van der Waals surface area contributed by atoms with Crippen LogP contribution in [-0.4, -0.2) is 24.1 Å². The van der Waals surface area contributed by atoms with E-state index in [9.17, 15) is 4.79 Å². The van der Waals surface area contributed by atoms with Crippen LogP contribution in [0.4, 0.5) is 11.4 Å². The minimum absolute atomic E-state index is 0.181. The Kier molecular flexibility index (Phi) is 8.16.